The first-order chi connectivity index (χ1) is 12.8. The van der Waals surface area contributed by atoms with E-state index < -0.39 is 0 Å². The second-order valence-corrected chi connectivity index (χ2v) is 7.13. The first-order valence-corrected chi connectivity index (χ1v) is 9.56. The highest BCUT2D eigenvalue weighted by Crippen LogP contribution is 2.23. The Balaban J connectivity index is 1.74. The number of aromatic nitrogens is 6. The zero-order valence-corrected chi connectivity index (χ0v) is 15.4. The number of thiophene rings is 1. The Hall–Kier alpha value is -2.58. The fourth-order valence-corrected chi connectivity index (χ4v) is 3.63. The maximum atomic E-state index is 9.10. The van der Waals surface area contributed by atoms with E-state index in [1.165, 1.54) is 4.88 Å². The van der Waals surface area contributed by atoms with E-state index in [9.17, 15) is 0 Å². The molecule has 134 valence electrons. The minimum Gasteiger partial charge on any atom is -0.396 e. The summed E-state index contributed by atoms with van der Waals surface area (Å²) in [4.78, 5) is 10.6. The Kier molecular flexibility index (Phi) is 4.77. The fourth-order valence-electron chi connectivity index (χ4n) is 2.93. The van der Waals surface area contributed by atoms with Crippen LogP contribution >= 0.6 is 11.3 Å². The fraction of sp³-hybridized carbons (Fsp3) is 0.333. The van der Waals surface area contributed by atoms with Crippen molar-refractivity contribution in [1.29, 1.82) is 0 Å². The van der Waals surface area contributed by atoms with Crippen LogP contribution in [0.2, 0.25) is 0 Å². The van der Waals surface area contributed by atoms with E-state index in [0.29, 0.717) is 6.42 Å². The zero-order chi connectivity index (χ0) is 17.9. The minimum atomic E-state index is 0.0955. The largest absolute Gasteiger partial charge is 0.396 e. The molecular weight excluding hydrogens is 348 g/mol. The lowest BCUT2D eigenvalue weighted by Gasteiger charge is -2.03. The van der Waals surface area contributed by atoms with Gasteiger partial charge in [0.1, 0.15) is 0 Å². The number of aryl methyl sites for hydroxylation is 1. The highest BCUT2D eigenvalue weighted by atomic mass is 32.1. The van der Waals surface area contributed by atoms with Crippen molar-refractivity contribution in [2.24, 2.45) is 0 Å². The number of rotatable bonds is 7. The number of fused-ring (bicyclic) bond motifs is 1. The lowest BCUT2D eigenvalue weighted by molar-refractivity contribution is 0.299. The molecule has 0 radical (unpaired) electrons. The maximum absolute atomic E-state index is 9.10. The van der Waals surface area contributed by atoms with Crippen molar-refractivity contribution in [3.05, 3.63) is 52.4 Å². The number of hydrogen-bond acceptors (Lipinski definition) is 6. The molecule has 0 spiro atoms. The lowest BCUT2D eigenvalue weighted by Crippen LogP contribution is -2.03. The van der Waals surface area contributed by atoms with Gasteiger partial charge in [-0.2, -0.15) is 10.2 Å². The van der Waals surface area contributed by atoms with Gasteiger partial charge in [-0.3, -0.25) is 0 Å². The number of nitrogens with zero attached hydrogens (tertiary/aromatic N) is 6. The first kappa shape index (κ1) is 16.9. The molecule has 4 aromatic rings. The summed E-state index contributed by atoms with van der Waals surface area (Å²) in [6.07, 6.45) is 7.74. The molecule has 7 nitrogen and oxygen atoms in total. The average Bonchev–Trinajstić information content (AvgIpc) is 3.36. The molecule has 26 heavy (non-hydrogen) atoms. The summed E-state index contributed by atoms with van der Waals surface area (Å²) in [6.45, 7) is 3.02. The SMILES string of the molecule is CCCn1nc(Cc2cccs2)nc1-c1cnn2cc(CCO)cnc12. The predicted molar refractivity (Wildman–Crippen MR) is 100 cm³/mol. The standard InChI is InChI=1S/C18H20N6OS/c1-2-6-23-18(21-16(22-23)9-14-4-3-8-26-14)15-11-20-24-12-13(5-7-25)10-19-17(15)24/h3-4,8,10-12,25H,2,5-7,9H2,1H3. The molecule has 0 aliphatic heterocycles. The van der Waals surface area contributed by atoms with Gasteiger partial charge in [-0.15, -0.1) is 11.3 Å². The zero-order valence-electron chi connectivity index (χ0n) is 14.5. The van der Waals surface area contributed by atoms with Crippen LogP contribution in [0.4, 0.5) is 0 Å². The van der Waals surface area contributed by atoms with Crippen molar-refractivity contribution in [1.82, 2.24) is 29.4 Å². The minimum absolute atomic E-state index is 0.0955. The van der Waals surface area contributed by atoms with Gasteiger partial charge in [0, 0.05) is 36.8 Å². The Morgan fingerprint density at radius 3 is 2.96 bits per heavy atom. The molecule has 0 atom stereocenters. The van der Waals surface area contributed by atoms with Crippen molar-refractivity contribution in [3.8, 4) is 11.4 Å². The summed E-state index contributed by atoms with van der Waals surface area (Å²) in [7, 11) is 0. The summed E-state index contributed by atoms with van der Waals surface area (Å²) in [5, 5.41) is 20.3. The van der Waals surface area contributed by atoms with Gasteiger partial charge >= 0.3 is 0 Å². The van der Waals surface area contributed by atoms with Crippen LogP contribution in [-0.4, -0.2) is 41.1 Å². The third-order valence-electron chi connectivity index (χ3n) is 4.11. The van der Waals surface area contributed by atoms with Gasteiger partial charge in [-0.05, 0) is 29.9 Å². The van der Waals surface area contributed by atoms with E-state index in [0.717, 1.165) is 47.8 Å². The summed E-state index contributed by atoms with van der Waals surface area (Å²) < 4.78 is 3.69. The lowest BCUT2D eigenvalue weighted by atomic mass is 10.2. The van der Waals surface area contributed by atoms with Crippen molar-refractivity contribution < 1.29 is 5.11 Å². The van der Waals surface area contributed by atoms with Crippen LogP contribution in [-0.2, 0) is 19.4 Å². The van der Waals surface area contributed by atoms with E-state index in [1.807, 2.05) is 16.9 Å². The molecule has 0 bridgehead atoms. The summed E-state index contributed by atoms with van der Waals surface area (Å²) >= 11 is 1.71. The van der Waals surface area contributed by atoms with E-state index >= 15 is 0 Å². The second kappa shape index (κ2) is 7.35. The van der Waals surface area contributed by atoms with Crippen molar-refractivity contribution in [3.63, 3.8) is 0 Å². The molecule has 0 unspecified atom stereocenters. The van der Waals surface area contributed by atoms with Crippen molar-refractivity contribution in [2.75, 3.05) is 6.61 Å². The Labute approximate surface area is 155 Å². The molecule has 0 fully saturated rings. The van der Waals surface area contributed by atoms with Gasteiger partial charge in [0.15, 0.2) is 17.3 Å². The van der Waals surface area contributed by atoms with E-state index in [-0.39, 0.29) is 6.61 Å². The first-order valence-electron chi connectivity index (χ1n) is 8.68. The third kappa shape index (κ3) is 3.25. The summed E-state index contributed by atoms with van der Waals surface area (Å²) in [5.74, 6) is 1.61. The average molecular weight is 368 g/mol. The summed E-state index contributed by atoms with van der Waals surface area (Å²) in [5.41, 5.74) is 2.57. The molecule has 0 amide bonds. The highest BCUT2D eigenvalue weighted by Gasteiger charge is 2.17. The normalized spacial score (nSPS) is 11.5. The molecule has 4 rings (SSSR count). The van der Waals surface area contributed by atoms with Crippen molar-refractivity contribution >= 4 is 17.0 Å². The second-order valence-electron chi connectivity index (χ2n) is 6.09. The third-order valence-corrected chi connectivity index (χ3v) is 4.99. The Morgan fingerprint density at radius 2 is 2.19 bits per heavy atom. The smallest absolute Gasteiger partial charge is 0.166 e. The Bertz CT molecular complexity index is 1000. The van der Waals surface area contributed by atoms with Crippen LogP contribution in [0.15, 0.2) is 36.1 Å². The monoisotopic (exact) mass is 368 g/mol. The van der Waals surface area contributed by atoms with E-state index in [4.69, 9.17) is 15.2 Å². The molecule has 0 aliphatic carbocycles. The molecule has 4 aromatic heterocycles. The van der Waals surface area contributed by atoms with Gasteiger partial charge < -0.3 is 5.11 Å². The molecule has 0 aliphatic rings. The van der Waals surface area contributed by atoms with Gasteiger partial charge in [0.2, 0.25) is 0 Å². The summed E-state index contributed by atoms with van der Waals surface area (Å²) in [6, 6.07) is 4.15. The molecule has 1 N–H and O–H groups in total. The molecule has 4 heterocycles. The highest BCUT2D eigenvalue weighted by molar-refractivity contribution is 7.09. The molecule has 8 heteroatoms. The maximum Gasteiger partial charge on any atom is 0.166 e. The number of hydrogen-bond donors (Lipinski definition) is 1. The van der Waals surface area contributed by atoms with Crippen LogP contribution in [0.1, 0.15) is 29.6 Å². The number of aliphatic hydroxyl groups is 1. The molecule has 0 saturated heterocycles. The number of aliphatic hydroxyl groups excluding tert-OH is 1. The molecular formula is C18H20N6OS. The van der Waals surface area contributed by atoms with Gasteiger partial charge in [-0.25, -0.2) is 19.2 Å². The Morgan fingerprint density at radius 1 is 1.27 bits per heavy atom. The van der Waals surface area contributed by atoms with Gasteiger partial charge in [0.05, 0.1) is 11.8 Å². The van der Waals surface area contributed by atoms with Crippen LogP contribution in [0.25, 0.3) is 17.0 Å². The predicted octanol–water partition coefficient (Wildman–Crippen LogP) is 2.58. The molecule has 0 saturated carbocycles. The van der Waals surface area contributed by atoms with Crippen LogP contribution in [0.3, 0.4) is 0 Å². The molecule has 0 aromatic carbocycles. The topological polar surface area (TPSA) is 81.1 Å². The van der Waals surface area contributed by atoms with Gasteiger partial charge in [0.25, 0.3) is 0 Å². The van der Waals surface area contributed by atoms with Crippen LogP contribution in [0, 0.1) is 0 Å². The van der Waals surface area contributed by atoms with E-state index in [2.05, 4.69) is 28.5 Å². The quantitative estimate of drug-likeness (QED) is 0.542. The van der Waals surface area contributed by atoms with Gasteiger partial charge in [-0.1, -0.05) is 13.0 Å². The van der Waals surface area contributed by atoms with Crippen LogP contribution < -0.4 is 0 Å². The van der Waals surface area contributed by atoms with Crippen molar-refractivity contribution in [2.45, 2.75) is 32.7 Å². The van der Waals surface area contributed by atoms with E-state index in [1.54, 1.807) is 28.2 Å². The van der Waals surface area contributed by atoms with Crippen LogP contribution in [0.5, 0.6) is 0 Å².